The average Bonchev–Trinajstić information content (AvgIpc) is 2.59. The monoisotopic (exact) mass is 345 g/mol. The quantitative estimate of drug-likeness (QED) is 0.771. The normalized spacial score (nSPS) is 12.0. The molecular formula is C20H24FNO3. The maximum Gasteiger partial charge on any atom is 0.220 e. The largest absolute Gasteiger partial charge is 0.491 e. The fraction of sp³-hybridized carbons (Fsp3) is 0.350. The number of carbonyl (C=O) groups is 1. The summed E-state index contributed by atoms with van der Waals surface area (Å²) in [6.07, 6.45) is -0.208. The Balaban J connectivity index is 1.78. The Morgan fingerprint density at radius 3 is 2.48 bits per heavy atom. The van der Waals surface area contributed by atoms with E-state index in [1.54, 1.807) is 42.5 Å². The molecule has 0 aliphatic rings. The van der Waals surface area contributed by atoms with Gasteiger partial charge in [-0.1, -0.05) is 30.3 Å². The molecule has 0 heterocycles. The molecule has 0 aliphatic heterocycles. The van der Waals surface area contributed by atoms with E-state index < -0.39 is 6.10 Å². The number of nitrogens with one attached hydrogen (secondary N) is 1. The lowest BCUT2D eigenvalue weighted by Gasteiger charge is -2.14. The van der Waals surface area contributed by atoms with Gasteiger partial charge in [-0.3, -0.25) is 4.79 Å². The third kappa shape index (κ3) is 6.19. The molecule has 5 heteroatoms. The maximum atomic E-state index is 13.5. The molecule has 0 aromatic heterocycles. The first-order chi connectivity index (χ1) is 12.0. The molecule has 0 saturated carbocycles. The van der Waals surface area contributed by atoms with E-state index in [2.05, 4.69) is 5.32 Å². The smallest absolute Gasteiger partial charge is 0.220 e. The van der Waals surface area contributed by atoms with E-state index in [-0.39, 0.29) is 30.8 Å². The van der Waals surface area contributed by atoms with E-state index in [0.29, 0.717) is 17.5 Å². The lowest BCUT2D eigenvalue weighted by atomic mass is 10.1. The van der Waals surface area contributed by atoms with Crippen LogP contribution < -0.4 is 10.1 Å². The van der Waals surface area contributed by atoms with Gasteiger partial charge in [0, 0.05) is 13.0 Å². The van der Waals surface area contributed by atoms with E-state index >= 15 is 0 Å². The number of hydrogen-bond donors (Lipinski definition) is 2. The predicted octanol–water partition coefficient (Wildman–Crippen LogP) is 3.40. The van der Waals surface area contributed by atoms with Crippen LogP contribution in [0.4, 0.5) is 4.39 Å². The summed E-state index contributed by atoms with van der Waals surface area (Å²) >= 11 is 0. The van der Waals surface area contributed by atoms with Gasteiger partial charge in [-0.15, -0.1) is 0 Å². The molecule has 0 saturated heterocycles. The van der Waals surface area contributed by atoms with Gasteiger partial charge in [0.25, 0.3) is 0 Å². The van der Waals surface area contributed by atoms with E-state index in [4.69, 9.17) is 4.74 Å². The number of benzene rings is 2. The van der Waals surface area contributed by atoms with Gasteiger partial charge in [0.05, 0.1) is 12.2 Å². The molecule has 0 fully saturated rings. The fourth-order valence-corrected chi connectivity index (χ4v) is 2.41. The fourth-order valence-electron chi connectivity index (χ4n) is 2.41. The summed E-state index contributed by atoms with van der Waals surface area (Å²) < 4.78 is 19.1. The molecule has 134 valence electrons. The van der Waals surface area contributed by atoms with Gasteiger partial charge in [-0.25, -0.2) is 4.39 Å². The number of amides is 1. The molecule has 2 rings (SSSR count). The van der Waals surface area contributed by atoms with Crippen LogP contribution in [0.1, 0.15) is 37.5 Å². The van der Waals surface area contributed by atoms with Crippen molar-refractivity contribution in [1.29, 1.82) is 0 Å². The van der Waals surface area contributed by atoms with Gasteiger partial charge < -0.3 is 15.2 Å². The van der Waals surface area contributed by atoms with Gasteiger partial charge in [0.2, 0.25) is 5.91 Å². The summed E-state index contributed by atoms with van der Waals surface area (Å²) in [5, 5.41) is 12.8. The van der Waals surface area contributed by atoms with Crippen LogP contribution in [0.3, 0.4) is 0 Å². The molecule has 0 bridgehead atoms. The first kappa shape index (κ1) is 18.9. The van der Waals surface area contributed by atoms with E-state index in [0.717, 1.165) is 5.75 Å². The van der Waals surface area contributed by atoms with Crippen molar-refractivity contribution in [3.8, 4) is 5.75 Å². The SMILES string of the molecule is CC(C)Oc1ccc(C(O)CNC(=O)CCc2ccccc2F)cc1. The van der Waals surface area contributed by atoms with Crippen LogP contribution in [-0.4, -0.2) is 23.7 Å². The molecule has 2 aromatic carbocycles. The molecule has 25 heavy (non-hydrogen) atoms. The van der Waals surface area contributed by atoms with E-state index in [9.17, 15) is 14.3 Å². The summed E-state index contributed by atoms with van der Waals surface area (Å²) in [5.74, 6) is 0.209. The van der Waals surface area contributed by atoms with Crippen molar-refractivity contribution in [3.63, 3.8) is 0 Å². The van der Waals surface area contributed by atoms with Crippen LogP contribution in [0.25, 0.3) is 0 Å². The van der Waals surface area contributed by atoms with Crippen LogP contribution in [0.5, 0.6) is 5.75 Å². The van der Waals surface area contributed by atoms with Crippen molar-refractivity contribution < 1.29 is 19.0 Å². The van der Waals surface area contributed by atoms with Crippen molar-refractivity contribution >= 4 is 5.91 Å². The zero-order chi connectivity index (χ0) is 18.2. The molecule has 2 aromatic rings. The Kier molecular flexibility index (Phi) is 6.95. The highest BCUT2D eigenvalue weighted by molar-refractivity contribution is 5.76. The molecule has 1 amide bonds. The predicted molar refractivity (Wildman–Crippen MR) is 94.9 cm³/mol. The van der Waals surface area contributed by atoms with Crippen molar-refractivity contribution in [2.45, 2.75) is 38.9 Å². The number of aliphatic hydroxyl groups is 1. The zero-order valence-electron chi connectivity index (χ0n) is 14.5. The van der Waals surface area contributed by atoms with E-state index in [1.807, 2.05) is 13.8 Å². The molecule has 1 atom stereocenters. The van der Waals surface area contributed by atoms with Gasteiger partial charge in [-0.2, -0.15) is 0 Å². The highest BCUT2D eigenvalue weighted by atomic mass is 19.1. The summed E-state index contributed by atoms with van der Waals surface area (Å²) in [5.41, 5.74) is 1.21. The van der Waals surface area contributed by atoms with Crippen molar-refractivity contribution in [2.75, 3.05) is 6.54 Å². The average molecular weight is 345 g/mol. The maximum absolute atomic E-state index is 13.5. The first-order valence-electron chi connectivity index (χ1n) is 8.40. The van der Waals surface area contributed by atoms with Gasteiger partial charge >= 0.3 is 0 Å². The molecule has 0 spiro atoms. The number of ether oxygens (including phenoxy) is 1. The van der Waals surface area contributed by atoms with E-state index in [1.165, 1.54) is 6.07 Å². The molecule has 2 N–H and O–H groups in total. The van der Waals surface area contributed by atoms with Gasteiger partial charge in [-0.05, 0) is 49.6 Å². The molecule has 0 radical (unpaired) electrons. The summed E-state index contributed by atoms with van der Waals surface area (Å²) in [7, 11) is 0. The molecule has 4 nitrogen and oxygen atoms in total. The second kappa shape index (κ2) is 9.18. The zero-order valence-corrected chi connectivity index (χ0v) is 14.5. The lowest BCUT2D eigenvalue weighted by molar-refractivity contribution is -0.121. The number of rotatable bonds is 8. The Hall–Kier alpha value is -2.40. The lowest BCUT2D eigenvalue weighted by Crippen LogP contribution is -2.28. The Morgan fingerprint density at radius 2 is 1.84 bits per heavy atom. The third-order valence-corrected chi connectivity index (χ3v) is 3.71. The molecule has 1 unspecified atom stereocenters. The first-order valence-corrected chi connectivity index (χ1v) is 8.40. The van der Waals surface area contributed by atoms with Crippen molar-refractivity contribution in [2.24, 2.45) is 0 Å². The summed E-state index contributed by atoms with van der Waals surface area (Å²) in [4.78, 5) is 11.9. The van der Waals surface area contributed by atoms with Crippen molar-refractivity contribution in [3.05, 3.63) is 65.5 Å². The number of carbonyl (C=O) groups excluding carboxylic acids is 1. The summed E-state index contributed by atoms with van der Waals surface area (Å²) in [6, 6.07) is 13.5. The number of hydrogen-bond acceptors (Lipinski definition) is 3. The van der Waals surface area contributed by atoms with Gasteiger partial charge in [0.1, 0.15) is 11.6 Å². The second-order valence-corrected chi connectivity index (χ2v) is 6.15. The number of aryl methyl sites for hydroxylation is 1. The number of halogens is 1. The molecule has 0 aliphatic carbocycles. The topological polar surface area (TPSA) is 58.6 Å². The minimum Gasteiger partial charge on any atom is -0.491 e. The Morgan fingerprint density at radius 1 is 1.16 bits per heavy atom. The van der Waals surface area contributed by atoms with Crippen LogP contribution >= 0.6 is 0 Å². The summed E-state index contributed by atoms with van der Waals surface area (Å²) in [6.45, 7) is 4.00. The standard InChI is InChI=1S/C20H24FNO3/c1-14(2)25-17-10-7-16(8-11-17)19(23)13-22-20(24)12-9-15-5-3-4-6-18(15)21/h3-8,10-11,14,19,23H,9,12-13H2,1-2H3,(H,22,24). The van der Waals surface area contributed by atoms with Crippen LogP contribution in [0.2, 0.25) is 0 Å². The number of aliphatic hydroxyl groups excluding tert-OH is 1. The van der Waals surface area contributed by atoms with Crippen molar-refractivity contribution in [1.82, 2.24) is 5.32 Å². The molecular weight excluding hydrogens is 321 g/mol. The van der Waals surface area contributed by atoms with Gasteiger partial charge in [0.15, 0.2) is 0 Å². The third-order valence-electron chi connectivity index (χ3n) is 3.71. The minimum atomic E-state index is -0.800. The second-order valence-electron chi connectivity index (χ2n) is 6.15. The van der Waals surface area contributed by atoms with Crippen LogP contribution in [0, 0.1) is 5.82 Å². The Bertz CT molecular complexity index is 686. The minimum absolute atomic E-state index is 0.0875. The van der Waals surface area contributed by atoms with Crippen LogP contribution in [0.15, 0.2) is 48.5 Å². The van der Waals surface area contributed by atoms with Crippen LogP contribution in [-0.2, 0) is 11.2 Å². The highest BCUT2D eigenvalue weighted by Gasteiger charge is 2.11. The Labute approximate surface area is 147 Å². The highest BCUT2D eigenvalue weighted by Crippen LogP contribution is 2.18.